The van der Waals surface area contributed by atoms with Crippen LogP contribution in [-0.4, -0.2) is 22.6 Å². The molecule has 0 saturated heterocycles. The Bertz CT molecular complexity index is 976. The second-order valence-electron chi connectivity index (χ2n) is 7.29. The molecule has 0 bridgehead atoms. The summed E-state index contributed by atoms with van der Waals surface area (Å²) in [6.45, 7) is 1.92. The van der Waals surface area contributed by atoms with Crippen LogP contribution in [0.15, 0.2) is 66.3 Å². The number of carbonyl (C=O) groups excluding carboxylic acids is 2. The van der Waals surface area contributed by atoms with Crippen LogP contribution < -0.4 is 0 Å². The highest BCUT2D eigenvalue weighted by Crippen LogP contribution is 2.33. The van der Waals surface area contributed by atoms with Gasteiger partial charge in [-0.25, -0.2) is 0 Å². The molecule has 2 atom stereocenters. The lowest BCUT2D eigenvalue weighted by Crippen LogP contribution is -2.15. The van der Waals surface area contributed by atoms with Crippen LogP contribution in [0.1, 0.15) is 42.3 Å². The highest BCUT2D eigenvalue weighted by atomic mass is 32.1. The first-order chi connectivity index (χ1) is 14.0. The average Bonchev–Trinajstić information content (AvgIpc) is 3.23. The maximum absolute atomic E-state index is 12.6. The van der Waals surface area contributed by atoms with Crippen LogP contribution in [-0.2, 0) is 9.59 Å². The van der Waals surface area contributed by atoms with Crippen LogP contribution in [0.3, 0.4) is 0 Å². The minimum Gasteiger partial charge on any atom is -0.481 e. The molecule has 0 saturated carbocycles. The zero-order chi connectivity index (χ0) is 20.8. The van der Waals surface area contributed by atoms with E-state index in [4.69, 9.17) is 5.11 Å². The summed E-state index contributed by atoms with van der Waals surface area (Å²) < 4.78 is 1.09. The summed E-state index contributed by atoms with van der Waals surface area (Å²) in [7, 11) is 0. The predicted molar refractivity (Wildman–Crippen MR) is 116 cm³/mol. The molecule has 5 heteroatoms. The molecule has 1 aliphatic rings. The van der Waals surface area contributed by atoms with E-state index in [0.717, 1.165) is 15.7 Å². The molecule has 1 N–H and O–H groups in total. The highest BCUT2D eigenvalue weighted by molar-refractivity contribution is 7.21. The van der Waals surface area contributed by atoms with E-state index >= 15 is 0 Å². The predicted octanol–water partition coefficient (Wildman–Crippen LogP) is 5.60. The zero-order valence-corrected chi connectivity index (χ0v) is 17.2. The van der Waals surface area contributed by atoms with Gasteiger partial charge < -0.3 is 5.11 Å². The van der Waals surface area contributed by atoms with E-state index in [0.29, 0.717) is 24.1 Å². The molecule has 0 unspecified atom stereocenters. The van der Waals surface area contributed by atoms with E-state index in [-0.39, 0.29) is 29.8 Å². The van der Waals surface area contributed by atoms with Gasteiger partial charge in [0.15, 0.2) is 11.6 Å². The van der Waals surface area contributed by atoms with E-state index < -0.39 is 5.97 Å². The lowest BCUT2D eigenvalue weighted by atomic mass is 9.87. The van der Waals surface area contributed by atoms with Crippen LogP contribution in [0.25, 0.3) is 10.1 Å². The number of rotatable bonds is 9. The van der Waals surface area contributed by atoms with Crippen LogP contribution in [0.4, 0.5) is 0 Å². The number of thiophene rings is 1. The van der Waals surface area contributed by atoms with Crippen LogP contribution >= 0.6 is 11.3 Å². The van der Waals surface area contributed by atoms with Crippen molar-refractivity contribution in [2.45, 2.75) is 32.6 Å². The van der Waals surface area contributed by atoms with Crippen molar-refractivity contribution in [3.63, 3.8) is 0 Å². The summed E-state index contributed by atoms with van der Waals surface area (Å²) in [5, 5.41) is 9.72. The quantitative estimate of drug-likeness (QED) is 0.254. The van der Waals surface area contributed by atoms with Crippen molar-refractivity contribution >= 4 is 39.0 Å². The summed E-state index contributed by atoms with van der Waals surface area (Å²) in [4.78, 5) is 36.2. The fourth-order valence-corrected chi connectivity index (χ4v) is 4.56. The standard InChI is InChI=1S/C24H24O4S/c1-16-14-21(26)19(9-4-2-3-5-11-24(27)28)18(16)12-13-20(25)23-15-17-8-6-7-10-22(17)29-23/h2,4,6-8,10,12-15,18-19H,3,5,9,11H2,1H3,(H,27,28)/b4-2-,13-12+/t18-,19+/m0/s1. The third-order valence-corrected chi connectivity index (χ3v) is 6.27. The number of carboxylic acids is 1. The Balaban J connectivity index is 1.62. The number of hydrogen-bond acceptors (Lipinski definition) is 4. The van der Waals surface area contributed by atoms with Gasteiger partial charge in [0.05, 0.1) is 4.88 Å². The molecule has 1 aromatic carbocycles. The Hall–Kier alpha value is -2.79. The maximum atomic E-state index is 12.6. The van der Waals surface area contributed by atoms with Gasteiger partial charge in [-0.3, -0.25) is 14.4 Å². The first-order valence-electron chi connectivity index (χ1n) is 9.75. The topological polar surface area (TPSA) is 71.4 Å². The van der Waals surface area contributed by atoms with Gasteiger partial charge in [-0.2, -0.15) is 0 Å². The van der Waals surface area contributed by atoms with Gasteiger partial charge in [-0.1, -0.05) is 42.0 Å². The Labute approximate surface area is 174 Å². The third-order valence-electron chi connectivity index (χ3n) is 5.14. The first-order valence-corrected chi connectivity index (χ1v) is 10.6. The minimum absolute atomic E-state index is 0.0405. The molecule has 0 aliphatic heterocycles. The Morgan fingerprint density at radius 3 is 2.76 bits per heavy atom. The number of carboxylic acid groups (broad SMARTS) is 1. The molecule has 3 rings (SSSR count). The Kier molecular flexibility index (Phi) is 6.94. The molecule has 0 radical (unpaired) electrons. The number of ketones is 2. The molecule has 0 spiro atoms. The monoisotopic (exact) mass is 408 g/mol. The Morgan fingerprint density at radius 2 is 2.00 bits per heavy atom. The molecule has 1 aliphatic carbocycles. The van der Waals surface area contributed by atoms with Gasteiger partial charge in [0.2, 0.25) is 0 Å². The molecule has 1 aromatic heterocycles. The molecule has 29 heavy (non-hydrogen) atoms. The molecule has 4 nitrogen and oxygen atoms in total. The molecule has 2 aromatic rings. The number of fused-ring (bicyclic) bond motifs is 1. The number of allylic oxidation sites excluding steroid dienone is 6. The van der Waals surface area contributed by atoms with Crippen molar-refractivity contribution in [2.24, 2.45) is 11.8 Å². The number of aliphatic carboxylic acids is 1. The Morgan fingerprint density at radius 1 is 1.21 bits per heavy atom. The van der Waals surface area contributed by atoms with Crippen molar-refractivity contribution in [3.8, 4) is 0 Å². The molecule has 1 heterocycles. The van der Waals surface area contributed by atoms with Gasteiger partial charge in [0.25, 0.3) is 0 Å². The maximum Gasteiger partial charge on any atom is 0.303 e. The lowest BCUT2D eigenvalue weighted by molar-refractivity contribution is -0.137. The summed E-state index contributed by atoms with van der Waals surface area (Å²) in [5.41, 5.74) is 0.972. The van der Waals surface area contributed by atoms with Crippen molar-refractivity contribution in [2.75, 3.05) is 0 Å². The second kappa shape index (κ2) is 9.61. The minimum atomic E-state index is -0.794. The normalized spacial score (nSPS) is 19.5. The van der Waals surface area contributed by atoms with Crippen LogP contribution in [0, 0.1) is 11.8 Å². The number of unbranched alkanes of at least 4 members (excludes halogenated alkanes) is 1. The van der Waals surface area contributed by atoms with Crippen LogP contribution in [0.2, 0.25) is 0 Å². The third kappa shape index (κ3) is 5.39. The summed E-state index contributed by atoms with van der Waals surface area (Å²) >= 11 is 1.48. The van der Waals surface area contributed by atoms with Gasteiger partial charge in [0.1, 0.15) is 0 Å². The lowest BCUT2D eigenvalue weighted by Gasteiger charge is -2.15. The number of hydrogen-bond donors (Lipinski definition) is 1. The van der Waals surface area contributed by atoms with E-state index in [9.17, 15) is 14.4 Å². The van der Waals surface area contributed by atoms with E-state index in [2.05, 4.69) is 0 Å². The van der Waals surface area contributed by atoms with Gasteiger partial charge in [-0.05, 0) is 55.9 Å². The summed E-state index contributed by atoms with van der Waals surface area (Å²) in [6.07, 6.45) is 11.0. The van der Waals surface area contributed by atoms with Crippen molar-refractivity contribution < 1.29 is 19.5 Å². The van der Waals surface area contributed by atoms with Crippen molar-refractivity contribution in [3.05, 3.63) is 71.2 Å². The van der Waals surface area contributed by atoms with Gasteiger partial charge in [0, 0.05) is 23.0 Å². The zero-order valence-electron chi connectivity index (χ0n) is 16.3. The highest BCUT2D eigenvalue weighted by Gasteiger charge is 2.31. The SMILES string of the molecule is CC1=CC(=O)[C@H](C/C=C\CCCC(=O)O)[C@H]1/C=C/C(=O)c1cc2ccccc2s1. The van der Waals surface area contributed by atoms with Crippen molar-refractivity contribution in [1.82, 2.24) is 0 Å². The molecule has 0 amide bonds. The van der Waals surface area contributed by atoms with Crippen LogP contribution in [0.5, 0.6) is 0 Å². The van der Waals surface area contributed by atoms with Gasteiger partial charge in [-0.15, -0.1) is 11.3 Å². The number of benzene rings is 1. The largest absolute Gasteiger partial charge is 0.481 e. The number of carbonyl (C=O) groups is 3. The average molecular weight is 409 g/mol. The fraction of sp³-hybridized carbons (Fsp3) is 0.292. The summed E-state index contributed by atoms with van der Waals surface area (Å²) in [6, 6.07) is 9.82. The molecular weight excluding hydrogens is 384 g/mol. The van der Waals surface area contributed by atoms with Gasteiger partial charge >= 0.3 is 5.97 Å². The van der Waals surface area contributed by atoms with Crippen molar-refractivity contribution in [1.29, 1.82) is 0 Å². The molecule has 150 valence electrons. The second-order valence-corrected chi connectivity index (χ2v) is 8.37. The molecular formula is C24H24O4S. The van der Waals surface area contributed by atoms with E-state index in [1.165, 1.54) is 11.3 Å². The summed E-state index contributed by atoms with van der Waals surface area (Å²) in [5.74, 6) is -1.03. The van der Waals surface area contributed by atoms with E-state index in [1.54, 1.807) is 12.2 Å². The molecule has 0 fully saturated rings. The smallest absolute Gasteiger partial charge is 0.303 e. The first kappa shape index (κ1) is 20.9. The van der Waals surface area contributed by atoms with E-state index in [1.807, 2.05) is 55.5 Å². The fourth-order valence-electron chi connectivity index (χ4n) is 3.58.